The molecular formula is C18H16FN5O2. The van der Waals surface area contributed by atoms with Gasteiger partial charge in [-0.3, -0.25) is 10.1 Å². The van der Waals surface area contributed by atoms with Gasteiger partial charge >= 0.3 is 5.69 Å². The molecule has 0 aliphatic carbocycles. The number of rotatable bonds is 6. The molecule has 0 fully saturated rings. The van der Waals surface area contributed by atoms with Crippen LogP contribution in [0.3, 0.4) is 0 Å². The topological polar surface area (TPSA) is 93.0 Å². The minimum atomic E-state index is -0.561. The van der Waals surface area contributed by atoms with Crippen molar-refractivity contribution < 1.29 is 9.31 Å². The van der Waals surface area contributed by atoms with E-state index in [1.165, 1.54) is 30.6 Å². The summed E-state index contributed by atoms with van der Waals surface area (Å²) in [5.74, 6) is -0.311. The molecule has 132 valence electrons. The van der Waals surface area contributed by atoms with Crippen LogP contribution in [0, 0.1) is 15.9 Å². The fraction of sp³-hybridized carbons (Fsp3) is 0.111. The molecule has 0 spiro atoms. The highest BCUT2D eigenvalue weighted by atomic mass is 19.1. The SMILES string of the molecule is CCc1ccc(Nc2ncnc(Nc3ccc(F)cc3)c2[N+](=O)[O-])cc1. The van der Waals surface area contributed by atoms with E-state index in [2.05, 4.69) is 20.6 Å². The molecule has 0 saturated heterocycles. The van der Waals surface area contributed by atoms with Crippen molar-refractivity contribution >= 4 is 28.7 Å². The number of aromatic nitrogens is 2. The van der Waals surface area contributed by atoms with Crippen LogP contribution in [0.5, 0.6) is 0 Å². The van der Waals surface area contributed by atoms with E-state index in [4.69, 9.17) is 0 Å². The lowest BCUT2D eigenvalue weighted by Gasteiger charge is -2.10. The lowest BCUT2D eigenvalue weighted by molar-refractivity contribution is -0.383. The fourth-order valence-electron chi connectivity index (χ4n) is 2.37. The predicted octanol–water partition coefficient (Wildman–Crippen LogP) is 4.57. The van der Waals surface area contributed by atoms with Gasteiger partial charge in [0.1, 0.15) is 12.1 Å². The highest BCUT2D eigenvalue weighted by molar-refractivity contribution is 5.76. The standard InChI is InChI=1S/C18H16FN5O2/c1-2-12-3-7-14(8-4-12)22-17-16(24(25)26)18(21-11-20-17)23-15-9-5-13(19)6-10-15/h3-11H,2H2,1H3,(H2,20,21,22,23). The van der Waals surface area contributed by atoms with Crippen molar-refractivity contribution in [2.24, 2.45) is 0 Å². The average molecular weight is 353 g/mol. The summed E-state index contributed by atoms with van der Waals surface area (Å²) in [6, 6.07) is 13.0. The van der Waals surface area contributed by atoms with Crippen LogP contribution >= 0.6 is 0 Å². The van der Waals surface area contributed by atoms with E-state index >= 15 is 0 Å². The monoisotopic (exact) mass is 353 g/mol. The van der Waals surface area contributed by atoms with Crippen LogP contribution in [0.1, 0.15) is 12.5 Å². The maximum atomic E-state index is 13.0. The summed E-state index contributed by atoms with van der Waals surface area (Å²) in [4.78, 5) is 18.9. The molecule has 8 heteroatoms. The number of nitrogens with zero attached hydrogens (tertiary/aromatic N) is 3. The number of hydrogen-bond acceptors (Lipinski definition) is 6. The molecule has 0 saturated carbocycles. The van der Waals surface area contributed by atoms with E-state index in [1.807, 2.05) is 31.2 Å². The summed E-state index contributed by atoms with van der Waals surface area (Å²) in [7, 11) is 0. The quantitative estimate of drug-likeness (QED) is 0.498. The Morgan fingerprint density at radius 3 is 1.92 bits per heavy atom. The van der Waals surface area contributed by atoms with Gasteiger partial charge in [0, 0.05) is 11.4 Å². The summed E-state index contributed by atoms with van der Waals surface area (Å²) in [5.41, 5.74) is 2.02. The Balaban J connectivity index is 1.92. The molecule has 1 heterocycles. The number of nitro groups is 1. The summed E-state index contributed by atoms with van der Waals surface area (Å²) in [6.07, 6.45) is 2.13. The molecule has 0 unspecified atom stereocenters. The highest BCUT2D eigenvalue weighted by Crippen LogP contribution is 2.32. The van der Waals surface area contributed by atoms with Gasteiger partial charge < -0.3 is 10.6 Å². The second-order valence-corrected chi connectivity index (χ2v) is 5.48. The normalized spacial score (nSPS) is 10.4. The predicted molar refractivity (Wildman–Crippen MR) is 97.5 cm³/mol. The van der Waals surface area contributed by atoms with E-state index in [0.717, 1.165) is 12.0 Å². The molecule has 0 radical (unpaired) electrons. The maximum Gasteiger partial charge on any atom is 0.353 e. The summed E-state index contributed by atoms with van der Waals surface area (Å²) in [6.45, 7) is 2.05. The van der Waals surface area contributed by atoms with E-state index in [-0.39, 0.29) is 17.3 Å². The third kappa shape index (κ3) is 3.92. The Hall–Kier alpha value is -3.55. The van der Waals surface area contributed by atoms with Gasteiger partial charge in [-0.1, -0.05) is 19.1 Å². The van der Waals surface area contributed by atoms with Crippen molar-refractivity contribution in [3.8, 4) is 0 Å². The molecule has 2 aromatic carbocycles. The number of nitrogens with one attached hydrogen (secondary N) is 2. The first-order valence-corrected chi connectivity index (χ1v) is 7.94. The molecule has 0 aliphatic rings. The van der Waals surface area contributed by atoms with Gasteiger partial charge in [-0.15, -0.1) is 0 Å². The lowest BCUT2D eigenvalue weighted by Crippen LogP contribution is -2.05. The third-order valence-corrected chi connectivity index (χ3v) is 3.74. The number of benzene rings is 2. The van der Waals surface area contributed by atoms with E-state index in [1.54, 1.807) is 0 Å². The van der Waals surface area contributed by atoms with Crippen LogP contribution in [0.15, 0.2) is 54.9 Å². The zero-order valence-electron chi connectivity index (χ0n) is 13.9. The van der Waals surface area contributed by atoms with E-state index in [0.29, 0.717) is 11.4 Å². The molecular weight excluding hydrogens is 337 g/mol. The van der Waals surface area contributed by atoms with E-state index < -0.39 is 10.7 Å². The molecule has 0 amide bonds. The molecule has 7 nitrogen and oxygen atoms in total. The minimum Gasteiger partial charge on any atom is -0.334 e. The van der Waals surface area contributed by atoms with Crippen molar-refractivity contribution in [1.82, 2.24) is 9.97 Å². The molecule has 0 aliphatic heterocycles. The van der Waals surface area contributed by atoms with Gasteiger partial charge in [0.25, 0.3) is 0 Å². The summed E-state index contributed by atoms with van der Waals surface area (Å²) in [5, 5.41) is 17.3. The van der Waals surface area contributed by atoms with E-state index in [9.17, 15) is 14.5 Å². The first kappa shape index (κ1) is 17.3. The number of aryl methyl sites for hydroxylation is 1. The van der Waals surface area contributed by atoms with Gasteiger partial charge in [-0.2, -0.15) is 0 Å². The molecule has 3 aromatic rings. The van der Waals surface area contributed by atoms with Crippen molar-refractivity contribution in [1.29, 1.82) is 0 Å². The molecule has 26 heavy (non-hydrogen) atoms. The first-order valence-electron chi connectivity index (χ1n) is 7.94. The largest absolute Gasteiger partial charge is 0.353 e. The molecule has 3 rings (SSSR count). The second-order valence-electron chi connectivity index (χ2n) is 5.48. The van der Waals surface area contributed by atoms with Crippen LogP contribution < -0.4 is 10.6 Å². The molecule has 2 N–H and O–H groups in total. The number of halogens is 1. The van der Waals surface area contributed by atoms with Crippen LogP contribution in [0.25, 0.3) is 0 Å². The summed E-state index contributed by atoms with van der Waals surface area (Å²) >= 11 is 0. The Bertz CT molecular complexity index is 914. The third-order valence-electron chi connectivity index (χ3n) is 3.74. The first-order chi connectivity index (χ1) is 12.6. The van der Waals surface area contributed by atoms with Crippen LogP contribution in [0.4, 0.5) is 33.1 Å². The van der Waals surface area contributed by atoms with Crippen LogP contribution in [0.2, 0.25) is 0 Å². The van der Waals surface area contributed by atoms with Crippen LogP contribution in [-0.4, -0.2) is 14.9 Å². The average Bonchev–Trinajstić information content (AvgIpc) is 2.64. The second kappa shape index (κ2) is 7.56. The Morgan fingerprint density at radius 1 is 0.962 bits per heavy atom. The molecule has 0 atom stereocenters. The van der Waals surface area contributed by atoms with Gasteiger partial charge in [0.15, 0.2) is 0 Å². The van der Waals surface area contributed by atoms with Crippen molar-refractivity contribution in [2.75, 3.05) is 10.6 Å². The number of hydrogen-bond donors (Lipinski definition) is 2. The van der Waals surface area contributed by atoms with Gasteiger partial charge in [-0.25, -0.2) is 14.4 Å². The van der Waals surface area contributed by atoms with Gasteiger partial charge in [0.2, 0.25) is 11.6 Å². The van der Waals surface area contributed by atoms with Crippen molar-refractivity contribution in [2.45, 2.75) is 13.3 Å². The highest BCUT2D eigenvalue weighted by Gasteiger charge is 2.23. The van der Waals surface area contributed by atoms with Crippen molar-refractivity contribution in [3.63, 3.8) is 0 Å². The fourth-order valence-corrected chi connectivity index (χ4v) is 2.37. The molecule has 0 bridgehead atoms. The minimum absolute atomic E-state index is 0.0179. The van der Waals surface area contributed by atoms with Crippen molar-refractivity contribution in [3.05, 3.63) is 76.4 Å². The Kier molecular flexibility index (Phi) is 5.02. The van der Waals surface area contributed by atoms with Gasteiger partial charge in [-0.05, 0) is 48.4 Å². The lowest BCUT2D eigenvalue weighted by atomic mass is 10.1. The zero-order valence-corrected chi connectivity index (χ0v) is 13.9. The summed E-state index contributed by atoms with van der Waals surface area (Å²) < 4.78 is 13.0. The Labute approximate surface area is 149 Å². The smallest absolute Gasteiger partial charge is 0.334 e. The number of anilines is 4. The maximum absolute atomic E-state index is 13.0. The van der Waals surface area contributed by atoms with Crippen LogP contribution in [-0.2, 0) is 6.42 Å². The zero-order chi connectivity index (χ0) is 18.5. The van der Waals surface area contributed by atoms with Gasteiger partial charge in [0.05, 0.1) is 4.92 Å². The molecule has 1 aromatic heterocycles. The Morgan fingerprint density at radius 2 is 1.46 bits per heavy atom.